The Hall–Kier alpha value is -0.980. The molecule has 4 nitrogen and oxygen atoms in total. The highest BCUT2D eigenvalue weighted by molar-refractivity contribution is 14.1. The highest BCUT2D eigenvalue weighted by Gasteiger charge is 2.36. The molecule has 3 rings (SSSR count). The molecule has 0 aromatic carbocycles. The number of nitrogens with zero attached hydrogens (tertiary/aromatic N) is 2. The first-order valence-electron chi connectivity index (χ1n) is 5.70. The van der Waals surface area contributed by atoms with Gasteiger partial charge in [-0.05, 0) is 47.1 Å². The summed E-state index contributed by atoms with van der Waals surface area (Å²) < 4.78 is 8.57. The van der Waals surface area contributed by atoms with Gasteiger partial charge in [-0.2, -0.15) is 5.10 Å². The van der Waals surface area contributed by atoms with Gasteiger partial charge in [0.15, 0.2) is 0 Å². The molecule has 2 atom stereocenters. The summed E-state index contributed by atoms with van der Waals surface area (Å²) in [6, 6.07) is 4.10. The van der Waals surface area contributed by atoms with Crippen LogP contribution in [0.4, 0.5) is 5.82 Å². The van der Waals surface area contributed by atoms with Crippen molar-refractivity contribution in [3.05, 3.63) is 33.4 Å². The van der Waals surface area contributed by atoms with Crippen LogP contribution in [0.2, 0.25) is 0 Å². The first kappa shape index (κ1) is 11.1. The molecule has 1 fully saturated rings. The predicted molar refractivity (Wildman–Crippen MR) is 73.7 cm³/mol. The fourth-order valence-corrected chi connectivity index (χ4v) is 2.45. The highest BCUT2D eigenvalue weighted by Crippen LogP contribution is 2.47. The molecule has 17 heavy (non-hydrogen) atoms. The zero-order chi connectivity index (χ0) is 12.0. The summed E-state index contributed by atoms with van der Waals surface area (Å²) in [7, 11) is 0. The first-order chi connectivity index (χ1) is 8.15. The van der Waals surface area contributed by atoms with Gasteiger partial charge in [0.2, 0.25) is 0 Å². The van der Waals surface area contributed by atoms with Gasteiger partial charge < -0.3 is 10.2 Å². The van der Waals surface area contributed by atoms with Crippen LogP contribution in [0.15, 0.2) is 22.7 Å². The Morgan fingerprint density at radius 3 is 2.94 bits per heavy atom. The number of nitrogen functional groups attached to an aromatic ring is 1. The number of nitrogens with two attached hydrogens (primary N) is 1. The van der Waals surface area contributed by atoms with Crippen LogP contribution in [-0.4, -0.2) is 9.78 Å². The van der Waals surface area contributed by atoms with E-state index in [4.69, 9.17) is 10.2 Å². The zero-order valence-corrected chi connectivity index (χ0v) is 11.7. The van der Waals surface area contributed by atoms with E-state index in [1.54, 1.807) is 10.9 Å². The quantitative estimate of drug-likeness (QED) is 0.872. The average molecular weight is 343 g/mol. The van der Waals surface area contributed by atoms with Gasteiger partial charge in [0.1, 0.15) is 23.9 Å². The van der Waals surface area contributed by atoms with Crippen molar-refractivity contribution in [1.82, 2.24) is 9.78 Å². The normalized spacial score (nSPS) is 22.9. The highest BCUT2D eigenvalue weighted by atomic mass is 127. The number of anilines is 1. The van der Waals surface area contributed by atoms with Gasteiger partial charge in [0.05, 0.1) is 9.77 Å². The maximum absolute atomic E-state index is 5.90. The van der Waals surface area contributed by atoms with E-state index in [9.17, 15) is 0 Å². The van der Waals surface area contributed by atoms with Crippen molar-refractivity contribution >= 4 is 28.4 Å². The minimum atomic E-state index is 0.607. The van der Waals surface area contributed by atoms with Gasteiger partial charge in [0.25, 0.3) is 0 Å². The second-order valence-corrected chi connectivity index (χ2v) is 5.82. The molecule has 2 aromatic rings. The van der Waals surface area contributed by atoms with Crippen molar-refractivity contribution in [2.24, 2.45) is 5.92 Å². The number of rotatable bonds is 3. The third-order valence-corrected chi connectivity index (χ3v) is 4.13. The molecule has 0 amide bonds. The molecule has 5 heteroatoms. The summed E-state index contributed by atoms with van der Waals surface area (Å²) >= 11 is 2.18. The molecular weight excluding hydrogens is 329 g/mol. The van der Waals surface area contributed by atoms with E-state index >= 15 is 0 Å². The molecule has 1 aliphatic carbocycles. The standard InChI is InChI=1S/C12H14IN3O/c1-7-4-9(7)11-3-2-8(17-11)6-16-12(14)10(13)5-15-16/h2-3,5,7,9H,4,6,14H2,1H3. The molecule has 0 saturated heterocycles. The second kappa shape index (κ2) is 4.04. The summed E-state index contributed by atoms with van der Waals surface area (Å²) in [6.45, 7) is 2.86. The molecule has 2 N–H and O–H groups in total. The van der Waals surface area contributed by atoms with Crippen molar-refractivity contribution in [2.75, 3.05) is 5.73 Å². The molecule has 0 radical (unpaired) electrons. The molecule has 0 aliphatic heterocycles. The minimum absolute atomic E-state index is 0.607. The molecule has 90 valence electrons. The Morgan fingerprint density at radius 1 is 1.59 bits per heavy atom. The summed E-state index contributed by atoms with van der Waals surface area (Å²) in [4.78, 5) is 0. The Kier molecular flexibility index (Phi) is 2.65. The maximum Gasteiger partial charge on any atom is 0.135 e. The van der Waals surface area contributed by atoms with E-state index in [0.717, 1.165) is 21.0 Å². The molecule has 1 aliphatic rings. The van der Waals surface area contributed by atoms with Crippen LogP contribution in [0.1, 0.15) is 30.8 Å². The lowest BCUT2D eigenvalue weighted by Crippen LogP contribution is -2.05. The van der Waals surface area contributed by atoms with Crippen LogP contribution in [0.5, 0.6) is 0 Å². The van der Waals surface area contributed by atoms with Crippen molar-refractivity contribution in [3.8, 4) is 0 Å². The molecular formula is C12H14IN3O. The molecule has 0 spiro atoms. The van der Waals surface area contributed by atoms with Crippen molar-refractivity contribution in [3.63, 3.8) is 0 Å². The van der Waals surface area contributed by atoms with Crippen molar-refractivity contribution in [2.45, 2.75) is 25.8 Å². The third kappa shape index (κ3) is 2.08. The first-order valence-corrected chi connectivity index (χ1v) is 6.78. The monoisotopic (exact) mass is 343 g/mol. The van der Waals surface area contributed by atoms with Gasteiger partial charge in [-0.1, -0.05) is 6.92 Å². The smallest absolute Gasteiger partial charge is 0.135 e. The number of hydrogen-bond acceptors (Lipinski definition) is 3. The van der Waals surface area contributed by atoms with Crippen LogP contribution in [0.3, 0.4) is 0 Å². The summed E-state index contributed by atoms with van der Waals surface area (Å²) in [5, 5.41) is 4.22. The van der Waals surface area contributed by atoms with Crippen molar-refractivity contribution in [1.29, 1.82) is 0 Å². The Balaban J connectivity index is 1.77. The van der Waals surface area contributed by atoms with E-state index in [1.807, 2.05) is 6.07 Å². The van der Waals surface area contributed by atoms with Crippen LogP contribution in [-0.2, 0) is 6.54 Å². The van der Waals surface area contributed by atoms with E-state index in [-0.39, 0.29) is 0 Å². The largest absolute Gasteiger partial charge is 0.464 e. The van der Waals surface area contributed by atoms with Crippen molar-refractivity contribution < 1.29 is 4.42 Å². The van der Waals surface area contributed by atoms with Gasteiger partial charge in [-0.25, -0.2) is 4.68 Å². The zero-order valence-electron chi connectivity index (χ0n) is 9.56. The molecule has 1 saturated carbocycles. The van der Waals surface area contributed by atoms with Gasteiger partial charge >= 0.3 is 0 Å². The minimum Gasteiger partial charge on any atom is -0.464 e. The number of aromatic nitrogens is 2. The number of hydrogen-bond donors (Lipinski definition) is 1. The fraction of sp³-hybridized carbons (Fsp3) is 0.417. The Bertz CT molecular complexity index is 546. The summed E-state index contributed by atoms with van der Waals surface area (Å²) in [5.74, 6) is 4.12. The second-order valence-electron chi connectivity index (χ2n) is 4.66. The van der Waals surface area contributed by atoms with Gasteiger partial charge in [0, 0.05) is 5.92 Å². The van der Waals surface area contributed by atoms with Gasteiger partial charge in [-0.15, -0.1) is 0 Å². The van der Waals surface area contributed by atoms with E-state index in [1.165, 1.54) is 6.42 Å². The van der Waals surface area contributed by atoms with E-state index in [2.05, 4.69) is 40.7 Å². The molecule has 2 heterocycles. The fourth-order valence-electron chi connectivity index (χ4n) is 2.04. The lowest BCUT2D eigenvalue weighted by atomic mass is 10.3. The topological polar surface area (TPSA) is 57.0 Å². The summed E-state index contributed by atoms with van der Waals surface area (Å²) in [5.41, 5.74) is 5.90. The molecule has 2 unspecified atom stereocenters. The Labute approximate surface area is 113 Å². The van der Waals surface area contributed by atoms with Crippen LogP contribution >= 0.6 is 22.6 Å². The van der Waals surface area contributed by atoms with Gasteiger partial charge in [-0.3, -0.25) is 0 Å². The summed E-state index contributed by atoms with van der Waals surface area (Å²) in [6.07, 6.45) is 3.01. The van der Waals surface area contributed by atoms with E-state index in [0.29, 0.717) is 18.3 Å². The van der Waals surface area contributed by atoms with Crippen LogP contribution in [0, 0.1) is 9.49 Å². The van der Waals surface area contributed by atoms with Crippen LogP contribution in [0.25, 0.3) is 0 Å². The predicted octanol–water partition coefficient (Wildman–Crippen LogP) is 2.83. The average Bonchev–Trinajstić information content (AvgIpc) is 2.72. The molecule has 0 bridgehead atoms. The maximum atomic E-state index is 5.90. The lowest BCUT2D eigenvalue weighted by molar-refractivity contribution is 0.443. The molecule has 2 aromatic heterocycles. The number of halogens is 1. The Morgan fingerprint density at radius 2 is 2.35 bits per heavy atom. The SMILES string of the molecule is CC1CC1c1ccc(Cn2ncc(I)c2N)o1. The number of furan rings is 1. The van der Waals surface area contributed by atoms with E-state index < -0.39 is 0 Å². The van der Waals surface area contributed by atoms with Crippen LogP contribution < -0.4 is 5.73 Å². The lowest BCUT2D eigenvalue weighted by Gasteiger charge is -2.01. The third-order valence-electron chi connectivity index (χ3n) is 3.30.